The van der Waals surface area contributed by atoms with Crippen LogP contribution in [0.1, 0.15) is 24.8 Å². The van der Waals surface area contributed by atoms with E-state index in [0.717, 1.165) is 41.0 Å². The molecule has 1 saturated carbocycles. The maximum atomic E-state index is 6.47. The Morgan fingerprint density at radius 3 is 2.30 bits per heavy atom. The third-order valence-corrected chi connectivity index (χ3v) is 5.47. The Hall–Kier alpha value is -2.69. The lowest BCUT2D eigenvalue weighted by atomic mass is 9.72. The number of rotatable bonds is 3. The summed E-state index contributed by atoms with van der Waals surface area (Å²) in [6, 6.07) is 18.9. The van der Waals surface area contributed by atoms with Crippen LogP contribution >= 0.6 is 12.4 Å². The van der Waals surface area contributed by atoms with E-state index in [2.05, 4.69) is 45.8 Å². The zero-order chi connectivity index (χ0) is 17.6. The standard InChI is InChI=1S/C22H20N4.ClH/c23-22(11-4-12-22)18-9-7-16(8-10-18)20-21(17-5-2-1-3-6-17)26-14-13-24-19(26)15-25-20;/h1-3,5-10,13-15H,4,11-12,23H2;1H. The van der Waals surface area contributed by atoms with Gasteiger partial charge in [-0.2, -0.15) is 0 Å². The number of hydrogen-bond acceptors (Lipinski definition) is 3. The summed E-state index contributed by atoms with van der Waals surface area (Å²) in [6.07, 6.45) is 8.98. The van der Waals surface area contributed by atoms with Gasteiger partial charge < -0.3 is 5.73 Å². The molecule has 0 unspecified atom stereocenters. The molecule has 1 aliphatic carbocycles. The molecule has 0 amide bonds. The molecule has 4 aromatic rings. The van der Waals surface area contributed by atoms with Gasteiger partial charge in [0.05, 0.1) is 17.6 Å². The molecule has 0 atom stereocenters. The van der Waals surface area contributed by atoms with Crippen LogP contribution in [0, 0.1) is 0 Å². The summed E-state index contributed by atoms with van der Waals surface area (Å²) in [6.45, 7) is 0. The van der Waals surface area contributed by atoms with Crippen molar-refractivity contribution in [3.63, 3.8) is 0 Å². The van der Waals surface area contributed by atoms with Gasteiger partial charge in [-0.05, 0) is 24.8 Å². The zero-order valence-corrected chi connectivity index (χ0v) is 15.7. The molecule has 5 rings (SSSR count). The normalized spacial score (nSPS) is 15.1. The minimum Gasteiger partial charge on any atom is -0.321 e. The summed E-state index contributed by atoms with van der Waals surface area (Å²) in [5.74, 6) is 0. The first-order valence-electron chi connectivity index (χ1n) is 9.02. The quantitative estimate of drug-likeness (QED) is 0.557. The van der Waals surface area contributed by atoms with Crippen LogP contribution < -0.4 is 5.73 Å². The largest absolute Gasteiger partial charge is 0.321 e. The van der Waals surface area contributed by atoms with Crippen LogP contribution in [-0.2, 0) is 5.54 Å². The van der Waals surface area contributed by atoms with Crippen molar-refractivity contribution in [2.24, 2.45) is 5.73 Å². The highest BCUT2D eigenvalue weighted by Crippen LogP contribution is 2.39. The first-order chi connectivity index (χ1) is 12.7. The summed E-state index contributed by atoms with van der Waals surface area (Å²) >= 11 is 0. The predicted molar refractivity (Wildman–Crippen MR) is 111 cm³/mol. The van der Waals surface area contributed by atoms with E-state index in [1.165, 1.54) is 12.0 Å². The lowest BCUT2D eigenvalue weighted by molar-refractivity contribution is 0.253. The van der Waals surface area contributed by atoms with E-state index in [0.29, 0.717) is 0 Å². The van der Waals surface area contributed by atoms with Crippen LogP contribution in [0.25, 0.3) is 28.2 Å². The van der Waals surface area contributed by atoms with Gasteiger partial charge in [-0.1, -0.05) is 54.6 Å². The van der Waals surface area contributed by atoms with Crippen molar-refractivity contribution in [2.75, 3.05) is 0 Å². The molecule has 0 radical (unpaired) electrons. The Labute approximate surface area is 164 Å². The highest BCUT2D eigenvalue weighted by Gasteiger charge is 2.34. The number of imidazole rings is 1. The van der Waals surface area contributed by atoms with Crippen LogP contribution in [0.2, 0.25) is 0 Å². The molecule has 2 aromatic carbocycles. The summed E-state index contributed by atoms with van der Waals surface area (Å²) in [7, 11) is 0. The average Bonchev–Trinajstić information content (AvgIpc) is 3.15. The first-order valence-corrected chi connectivity index (χ1v) is 9.02. The summed E-state index contributed by atoms with van der Waals surface area (Å²) in [5, 5.41) is 0. The van der Waals surface area contributed by atoms with Gasteiger partial charge in [0.1, 0.15) is 0 Å². The van der Waals surface area contributed by atoms with Crippen molar-refractivity contribution in [1.82, 2.24) is 14.4 Å². The topological polar surface area (TPSA) is 56.2 Å². The van der Waals surface area contributed by atoms with Gasteiger partial charge in [0.25, 0.3) is 0 Å². The molecule has 4 nitrogen and oxygen atoms in total. The maximum Gasteiger partial charge on any atom is 0.155 e. The Kier molecular flexibility index (Phi) is 4.46. The number of aromatic nitrogens is 3. The maximum absolute atomic E-state index is 6.47. The number of fused-ring (bicyclic) bond motifs is 1. The number of hydrogen-bond donors (Lipinski definition) is 1. The molecular weight excluding hydrogens is 356 g/mol. The van der Waals surface area contributed by atoms with Crippen LogP contribution in [0.5, 0.6) is 0 Å². The zero-order valence-electron chi connectivity index (χ0n) is 14.9. The number of benzene rings is 2. The van der Waals surface area contributed by atoms with E-state index in [-0.39, 0.29) is 17.9 Å². The van der Waals surface area contributed by atoms with E-state index in [1.54, 1.807) is 0 Å². The molecule has 0 spiro atoms. The minimum atomic E-state index is -0.136. The first kappa shape index (κ1) is 17.7. The molecule has 0 bridgehead atoms. The predicted octanol–water partition coefficient (Wildman–Crippen LogP) is 4.82. The van der Waals surface area contributed by atoms with E-state index in [4.69, 9.17) is 10.7 Å². The molecule has 0 aliphatic heterocycles. The Morgan fingerprint density at radius 1 is 0.889 bits per heavy atom. The lowest BCUT2D eigenvalue weighted by Gasteiger charge is -2.38. The summed E-state index contributed by atoms with van der Waals surface area (Å²) < 4.78 is 2.10. The molecular formula is C22H21ClN4. The molecule has 5 heteroatoms. The number of halogens is 1. The second kappa shape index (κ2) is 6.80. The Morgan fingerprint density at radius 2 is 1.63 bits per heavy atom. The van der Waals surface area contributed by atoms with Crippen LogP contribution in [0.4, 0.5) is 0 Å². The molecule has 1 aliphatic rings. The molecule has 27 heavy (non-hydrogen) atoms. The van der Waals surface area contributed by atoms with E-state index in [1.807, 2.05) is 36.8 Å². The third kappa shape index (κ3) is 2.91. The number of nitrogens with zero attached hydrogens (tertiary/aromatic N) is 3. The smallest absolute Gasteiger partial charge is 0.155 e. The second-order valence-electron chi connectivity index (χ2n) is 7.06. The minimum absolute atomic E-state index is 0. The van der Waals surface area contributed by atoms with Crippen molar-refractivity contribution in [2.45, 2.75) is 24.8 Å². The highest BCUT2D eigenvalue weighted by atomic mass is 35.5. The fourth-order valence-corrected chi connectivity index (χ4v) is 3.79. The van der Waals surface area contributed by atoms with Gasteiger partial charge in [0.15, 0.2) is 5.65 Å². The molecule has 1 fully saturated rings. The molecule has 2 heterocycles. The monoisotopic (exact) mass is 376 g/mol. The molecule has 2 aromatic heterocycles. The van der Waals surface area contributed by atoms with Gasteiger partial charge in [-0.3, -0.25) is 9.38 Å². The molecule has 136 valence electrons. The second-order valence-corrected chi connectivity index (χ2v) is 7.06. The number of nitrogens with two attached hydrogens (primary N) is 1. The van der Waals surface area contributed by atoms with E-state index in [9.17, 15) is 0 Å². The highest BCUT2D eigenvalue weighted by molar-refractivity contribution is 5.85. The van der Waals surface area contributed by atoms with Crippen molar-refractivity contribution in [1.29, 1.82) is 0 Å². The van der Waals surface area contributed by atoms with Gasteiger partial charge >= 0.3 is 0 Å². The summed E-state index contributed by atoms with van der Waals surface area (Å²) in [5.41, 5.74) is 12.6. The summed E-state index contributed by atoms with van der Waals surface area (Å²) in [4.78, 5) is 9.13. The lowest BCUT2D eigenvalue weighted by Crippen LogP contribution is -2.43. The van der Waals surface area contributed by atoms with Crippen LogP contribution in [-0.4, -0.2) is 14.4 Å². The van der Waals surface area contributed by atoms with Gasteiger partial charge in [0.2, 0.25) is 0 Å². The molecule has 0 saturated heterocycles. The Balaban J connectivity index is 0.00000180. The van der Waals surface area contributed by atoms with Gasteiger partial charge in [-0.15, -0.1) is 12.4 Å². The van der Waals surface area contributed by atoms with Crippen LogP contribution in [0.3, 0.4) is 0 Å². The van der Waals surface area contributed by atoms with Gasteiger partial charge in [-0.25, -0.2) is 4.98 Å². The SMILES string of the molecule is Cl.NC1(c2ccc(-c3ncc4nccn4c3-c3ccccc3)cc2)CCC1. The average molecular weight is 377 g/mol. The fourth-order valence-electron chi connectivity index (χ4n) is 3.79. The Bertz CT molecular complexity index is 1070. The fraction of sp³-hybridized carbons (Fsp3) is 0.182. The van der Waals surface area contributed by atoms with Crippen molar-refractivity contribution >= 4 is 18.1 Å². The van der Waals surface area contributed by atoms with E-state index < -0.39 is 0 Å². The van der Waals surface area contributed by atoms with Crippen LogP contribution in [0.15, 0.2) is 73.2 Å². The third-order valence-electron chi connectivity index (χ3n) is 5.47. The van der Waals surface area contributed by atoms with Crippen molar-refractivity contribution < 1.29 is 0 Å². The van der Waals surface area contributed by atoms with Crippen molar-refractivity contribution in [3.8, 4) is 22.5 Å². The molecule has 2 N–H and O–H groups in total. The van der Waals surface area contributed by atoms with E-state index >= 15 is 0 Å². The van der Waals surface area contributed by atoms with Gasteiger partial charge in [0, 0.05) is 29.1 Å². The van der Waals surface area contributed by atoms with Crippen molar-refractivity contribution in [3.05, 3.63) is 78.8 Å².